The number of para-hydroxylation sites is 1. The highest BCUT2D eigenvalue weighted by atomic mass is 35.5. The Balaban J connectivity index is 1.42. The summed E-state index contributed by atoms with van der Waals surface area (Å²) >= 11 is 7.27. The van der Waals surface area contributed by atoms with Gasteiger partial charge in [-0.25, -0.2) is 4.98 Å². The van der Waals surface area contributed by atoms with Crippen molar-refractivity contribution in [3.63, 3.8) is 0 Å². The maximum atomic E-state index is 12.5. The Kier molecular flexibility index (Phi) is 6.06. The van der Waals surface area contributed by atoms with E-state index < -0.39 is 12.5 Å². The molecule has 31 heavy (non-hydrogen) atoms. The number of thiazole rings is 1. The number of furan rings is 1. The summed E-state index contributed by atoms with van der Waals surface area (Å²) < 4.78 is 41.0. The molecule has 2 heterocycles. The van der Waals surface area contributed by atoms with Crippen LogP contribution in [0.2, 0.25) is 5.02 Å². The third-order valence-electron chi connectivity index (χ3n) is 4.21. The van der Waals surface area contributed by atoms with E-state index in [1.807, 2.05) is 19.1 Å². The highest BCUT2D eigenvalue weighted by Crippen LogP contribution is 2.31. The van der Waals surface area contributed by atoms with Crippen LogP contribution in [0.1, 0.15) is 21.9 Å². The average Bonchev–Trinajstić information content (AvgIpc) is 3.33. The van der Waals surface area contributed by atoms with E-state index in [0.29, 0.717) is 31.9 Å². The zero-order chi connectivity index (χ0) is 22.0. The molecule has 0 radical (unpaired) electrons. The van der Waals surface area contributed by atoms with Crippen LogP contribution in [0.15, 0.2) is 52.9 Å². The lowest BCUT2D eigenvalue weighted by Crippen LogP contribution is -2.10. The minimum absolute atomic E-state index is 0.0217. The number of hydrogen-bond acceptors (Lipinski definition) is 6. The van der Waals surface area contributed by atoms with Gasteiger partial charge in [-0.15, -0.1) is 0 Å². The Labute approximate surface area is 184 Å². The van der Waals surface area contributed by atoms with Crippen LogP contribution < -0.4 is 14.8 Å². The lowest BCUT2D eigenvalue weighted by molar-refractivity contribution is -0.0497. The van der Waals surface area contributed by atoms with Crippen molar-refractivity contribution in [3.05, 3.63) is 70.6 Å². The first-order valence-electron chi connectivity index (χ1n) is 9.02. The van der Waals surface area contributed by atoms with Crippen molar-refractivity contribution in [2.45, 2.75) is 20.1 Å². The molecule has 0 saturated heterocycles. The van der Waals surface area contributed by atoms with Gasteiger partial charge in [0, 0.05) is 0 Å². The van der Waals surface area contributed by atoms with Crippen LogP contribution in [0, 0.1) is 6.92 Å². The molecule has 1 N–H and O–H groups in total. The standard InChI is InChI=1S/C21H15ClF2N2O4S/c1-11-3-2-4-14(22)18(11)28-10-13-6-8-16(29-13)19(27)26-21-25-15-7-5-12(30-20(23)24)9-17(15)31-21/h2-9,20H,10H2,1H3,(H,25,26,27). The minimum atomic E-state index is -2.91. The molecule has 0 aliphatic carbocycles. The highest BCUT2D eigenvalue weighted by Gasteiger charge is 2.15. The number of amides is 1. The zero-order valence-corrected chi connectivity index (χ0v) is 17.6. The molecule has 2 aromatic heterocycles. The van der Waals surface area contributed by atoms with Crippen LogP contribution in [0.4, 0.5) is 13.9 Å². The molecule has 4 aromatic rings. The Hall–Kier alpha value is -3.17. The average molecular weight is 465 g/mol. The summed E-state index contributed by atoms with van der Waals surface area (Å²) in [6.45, 7) is -0.933. The maximum Gasteiger partial charge on any atom is 0.387 e. The predicted molar refractivity (Wildman–Crippen MR) is 113 cm³/mol. The van der Waals surface area contributed by atoms with Crippen molar-refractivity contribution in [1.82, 2.24) is 4.98 Å². The fourth-order valence-electron chi connectivity index (χ4n) is 2.81. The van der Waals surface area contributed by atoms with Gasteiger partial charge in [-0.1, -0.05) is 35.1 Å². The Morgan fingerprint density at radius 3 is 2.87 bits per heavy atom. The van der Waals surface area contributed by atoms with Crippen molar-refractivity contribution >= 4 is 44.2 Å². The van der Waals surface area contributed by atoms with Crippen LogP contribution in [-0.2, 0) is 6.61 Å². The van der Waals surface area contributed by atoms with Crippen molar-refractivity contribution in [2.24, 2.45) is 0 Å². The van der Waals surface area contributed by atoms with Crippen molar-refractivity contribution in [1.29, 1.82) is 0 Å². The van der Waals surface area contributed by atoms with Gasteiger partial charge >= 0.3 is 6.61 Å². The first kappa shape index (κ1) is 21.1. The summed E-state index contributed by atoms with van der Waals surface area (Å²) in [5, 5.41) is 3.43. The molecule has 0 bridgehead atoms. The molecule has 0 fully saturated rings. The molecule has 10 heteroatoms. The van der Waals surface area contributed by atoms with Gasteiger partial charge in [0.1, 0.15) is 23.9 Å². The number of halogens is 3. The second kappa shape index (κ2) is 8.91. The summed E-state index contributed by atoms with van der Waals surface area (Å²) in [7, 11) is 0. The lowest BCUT2D eigenvalue weighted by Gasteiger charge is -2.09. The number of hydrogen-bond donors (Lipinski definition) is 1. The third kappa shape index (κ3) is 4.95. The van der Waals surface area contributed by atoms with Gasteiger partial charge in [0.05, 0.1) is 15.2 Å². The smallest absolute Gasteiger partial charge is 0.387 e. The highest BCUT2D eigenvalue weighted by molar-refractivity contribution is 7.22. The Morgan fingerprint density at radius 1 is 1.26 bits per heavy atom. The number of fused-ring (bicyclic) bond motifs is 1. The van der Waals surface area contributed by atoms with E-state index in [2.05, 4.69) is 15.0 Å². The van der Waals surface area contributed by atoms with Crippen molar-refractivity contribution in [2.75, 3.05) is 5.32 Å². The minimum Gasteiger partial charge on any atom is -0.484 e. The normalized spacial score (nSPS) is 11.1. The van der Waals surface area contributed by atoms with Gasteiger partial charge in [0.25, 0.3) is 5.91 Å². The van der Waals surface area contributed by atoms with E-state index in [1.165, 1.54) is 24.3 Å². The van der Waals surface area contributed by atoms with Gasteiger partial charge in [-0.2, -0.15) is 8.78 Å². The van der Waals surface area contributed by atoms with E-state index in [9.17, 15) is 13.6 Å². The van der Waals surface area contributed by atoms with Crippen molar-refractivity contribution in [3.8, 4) is 11.5 Å². The molecule has 0 atom stereocenters. The molecular weight excluding hydrogens is 450 g/mol. The molecule has 0 aliphatic heterocycles. The second-order valence-electron chi connectivity index (χ2n) is 6.42. The van der Waals surface area contributed by atoms with E-state index in [0.717, 1.165) is 16.9 Å². The van der Waals surface area contributed by atoms with E-state index in [4.69, 9.17) is 20.8 Å². The van der Waals surface area contributed by atoms with Gasteiger partial charge < -0.3 is 13.9 Å². The fraction of sp³-hybridized carbons (Fsp3) is 0.143. The molecule has 2 aromatic carbocycles. The maximum absolute atomic E-state index is 12.5. The van der Waals surface area contributed by atoms with Crippen LogP contribution in [0.3, 0.4) is 0 Å². The molecule has 160 valence electrons. The summed E-state index contributed by atoms with van der Waals surface area (Å²) in [5.41, 5.74) is 1.43. The van der Waals surface area contributed by atoms with E-state index in [1.54, 1.807) is 12.1 Å². The SMILES string of the molecule is Cc1cccc(Cl)c1OCc1ccc(C(=O)Nc2nc3ccc(OC(F)F)cc3s2)o1. The molecule has 0 aliphatic rings. The monoisotopic (exact) mass is 464 g/mol. The Morgan fingerprint density at radius 2 is 2.10 bits per heavy atom. The van der Waals surface area contributed by atoms with E-state index >= 15 is 0 Å². The number of aryl methyl sites for hydroxylation is 1. The molecular formula is C21H15ClF2N2O4S. The fourth-order valence-corrected chi connectivity index (χ4v) is 3.98. The summed E-state index contributed by atoms with van der Waals surface area (Å²) in [6.07, 6.45) is 0. The number of carbonyl (C=O) groups is 1. The van der Waals surface area contributed by atoms with Crippen molar-refractivity contribution < 1.29 is 27.5 Å². The van der Waals surface area contributed by atoms with Gasteiger partial charge in [0.15, 0.2) is 10.9 Å². The number of anilines is 1. The molecule has 6 nitrogen and oxygen atoms in total. The molecule has 1 amide bonds. The zero-order valence-electron chi connectivity index (χ0n) is 16.0. The number of nitrogens with one attached hydrogen (secondary N) is 1. The predicted octanol–water partition coefficient (Wildman–Crippen LogP) is 6.28. The molecule has 0 unspecified atom stereocenters. The van der Waals surface area contributed by atoms with Gasteiger partial charge in [0.2, 0.25) is 0 Å². The number of ether oxygens (including phenoxy) is 2. The van der Waals surface area contributed by atoms with E-state index in [-0.39, 0.29) is 18.1 Å². The lowest BCUT2D eigenvalue weighted by atomic mass is 10.2. The number of nitrogens with zero attached hydrogens (tertiary/aromatic N) is 1. The Bertz CT molecular complexity index is 1220. The second-order valence-corrected chi connectivity index (χ2v) is 7.86. The number of carbonyl (C=O) groups excluding carboxylic acids is 1. The van der Waals surface area contributed by atoms with Crippen LogP contribution >= 0.6 is 22.9 Å². The summed E-state index contributed by atoms with van der Waals surface area (Å²) in [4.78, 5) is 16.7. The molecule has 0 saturated carbocycles. The summed E-state index contributed by atoms with van der Waals surface area (Å²) in [5.74, 6) is 0.603. The quantitative estimate of drug-likeness (QED) is 0.348. The molecule has 0 spiro atoms. The third-order valence-corrected chi connectivity index (χ3v) is 5.44. The number of aromatic nitrogens is 1. The topological polar surface area (TPSA) is 73.6 Å². The number of rotatable bonds is 7. The first-order valence-corrected chi connectivity index (χ1v) is 10.2. The molecule has 4 rings (SSSR count). The number of benzene rings is 2. The first-order chi connectivity index (χ1) is 14.9. The van der Waals surface area contributed by atoms with Gasteiger partial charge in [-0.3, -0.25) is 10.1 Å². The van der Waals surface area contributed by atoms with Crippen LogP contribution in [0.5, 0.6) is 11.5 Å². The van der Waals surface area contributed by atoms with Gasteiger partial charge in [-0.05, 0) is 48.9 Å². The number of alkyl halides is 2. The van der Waals surface area contributed by atoms with Crippen LogP contribution in [0.25, 0.3) is 10.2 Å². The summed E-state index contributed by atoms with van der Waals surface area (Å²) in [6, 6.07) is 13.0. The van der Waals surface area contributed by atoms with Crippen LogP contribution in [-0.4, -0.2) is 17.5 Å². The largest absolute Gasteiger partial charge is 0.484 e.